The van der Waals surface area contributed by atoms with E-state index in [-0.39, 0.29) is 12.5 Å². The van der Waals surface area contributed by atoms with Crippen LogP contribution in [0.2, 0.25) is 0 Å². The number of carbonyl (C=O) groups excluding carboxylic acids is 1. The molecule has 0 unspecified atom stereocenters. The second-order valence-electron chi connectivity index (χ2n) is 2.81. The van der Waals surface area contributed by atoms with Gasteiger partial charge < -0.3 is 10.4 Å². The Bertz CT molecular complexity index is 301. The Labute approximate surface area is 95.3 Å². The van der Waals surface area contributed by atoms with Crippen LogP contribution < -0.4 is 5.32 Å². The molecular weight excluding hydrogens is 266 g/mol. The van der Waals surface area contributed by atoms with E-state index < -0.39 is 0 Å². The van der Waals surface area contributed by atoms with Crippen LogP contribution in [0, 0.1) is 0 Å². The summed E-state index contributed by atoms with van der Waals surface area (Å²) in [6, 6.07) is 3.93. The van der Waals surface area contributed by atoms with Crippen molar-refractivity contribution in [2.24, 2.45) is 0 Å². The molecule has 0 spiro atoms. The number of hydrogen-bond donors (Lipinski definition) is 2. The molecule has 0 fully saturated rings. The molecule has 0 aromatic carbocycles. The summed E-state index contributed by atoms with van der Waals surface area (Å²) >= 11 is 4.96. The van der Waals surface area contributed by atoms with Crippen LogP contribution in [0.1, 0.15) is 17.7 Å². The number of aliphatic hydroxyl groups excluding tert-OH is 1. The molecule has 14 heavy (non-hydrogen) atoms. The van der Waals surface area contributed by atoms with Gasteiger partial charge in [0, 0.05) is 17.9 Å². The van der Waals surface area contributed by atoms with Crippen molar-refractivity contribution in [1.82, 2.24) is 5.32 Å². The van der Waals surface area contributed by atoms with E-state index in [0.29, 0.717) is 19.4 Å². The van der Waals surface area contributed by atoms with Gasteiger partial charge in [-0.15, -0.1) is 11.3 Å². The highest BCUT2D eigenvalue weighted by molar-refractivity contribution is 9.11. The van der Waals surface area contributed by atoms with Gasteiger partial charge in [-0.3, -0.25) is 4.79 Å². The lowest BCUT2D eigenvalue weighted by molar-refractivity contribution is -0.121. The van der Waals surface area contributed by atoms with Gasteiger partial charge in [0.25, 0.3) is 0 Å². The van der Waals surface area contributed by atoms with E-state index in [9.17, 15) is 4.79 Å². The number of aliphatic hydroxyl groups is 1. The molecule has 2 N–H and O–H groups in total. The molecule has 78 valence electrons. The normalized spacial score (nSPS) is 10.1. The minimum Gasteiger partial charge on any atom is -0.396 e. The molecule has 1 amide bonds. The number of amides is 1. The van der Waals surface area contributed by atoms with Gasteiger partial charge in [0.1, 0.15) is 0 Å². The quantitative estimate of drug-likeness (QED) is 0.864. The standard InChI is InChI=1S/C9H12BrNO2S/c10-8-4-3-7(14-8)6-11-9(13)2-1-5-12/h3-4,12H,1-2,5-6H2,(H,11,13). The third-order valence-corrected chi connectivity index (χ3v) is 3.27. The zero-order valence-corrected chi connectivity index (χ0v) is 10.0. The van der Waals surface area contributed by atoms with Crippen LogP contribution in [-0.2, 0) is 11.3 Å². The monoisotopic (exact) mass is 277 g/mol. The van der Waals surface area contributed by atoms with Crippen molar-refractivity contribution >= 4 is 33.2 Å². The Morgan fingerprint density at radius 3 is 2.93 bits per heavy atom. The average molecular weight is 278 g/mol. The topological polar surface area (TPSA) is 49.3 Å². The summed E-state index contributed by atoms with van der Waals surface area (Å²) in [4.78, 5) is 12.3. The third-order valence-electron chi connectivity index (χ3n) is 1.65. The van der Waals surface area contributed by atoms with Gasteiger partial charge in [0.05, 0.1) is 10.3 Å². The summed E-state index contributed by atoms with van der Waals surface area (Å²) in [5.41, 5.74) is 0. The SMILES string of the molecule is O=C(CCCO)NCc1ccc(Br)s1. The van der Waals surface area contributed by atoms with Gasteiger partial charge in [-0.25, -0.2) is 0 Å². The van der Waals surface area contributed by atoms with Crippen LogP contribution >= 0.6 is 27.3 Å². The largest absolute Gasteiger partial charge is 0.396 e. The lowest BCUT2D eigenvalue weighted by Crippen LogP contribution is -2.22. The molecule has 5 heteroatoms. The first-order valence-electron chi connectivity index (χ1n) is 4.34. The van der Waals surface area contributed by atoms with Crippen LogP contribution in [0.5, 0.6) is 0 Å². The van der Waals surface area contributed by atoms with Crippen molar-refractivity contribution in [3.63, 3.8) is 0 Å². The van der Waals surface area contributed by atoms with Gasteiger partial charge in [0.2, 0.25) is 5.91 Å². The summed E-state index contributed by atoms with van der Waals surface area (Å²) in [5, 5.41) is 11.3. The highest BCUT2D eigenvalue weighted by Crippen LogP contribution is 2.21. The number of hydrogen-bond acceptors (Lipinski definition) is 3. The zero-order valence-electron chi connectivity index (χ0n) is 7.62. The fourth-order valence-electron chi connectivity index (χ4n) is 0.960. The first-order chi connectivity index (χ1) is 6.72. The molecule has 0 aliphatic heterocycles. The third kappa shape index (κ3) is 4.21. The molecule has 0 aliphatic rings. The zero-order chi connectivity index (χ0) is 10.4. The molecule has 0 bridgehead atoms. The maximum atomic E-state index is 11.2. The molecule has 0 saturated carbocycles. The van der Waals surface area contributed by atoms with Crippen molar-refractivity contribution in [1.29, 1.82) is 0 Å². The minimum absolute atomic E-state index is 0.0106. The van der Waals surface area contributed by atoms with Crippen molar-refractivity contribution in [2.45, 2.75) is 19.4 Å². The van der Waals surface area contributed by atoms with E-state index >= 15 is 0 Å². The molecule has 0 aliphatic carbocycles. The first kappa shape index (κ1) is 11.7. The van der Waals surface area contributed by atoms with Crippen molar-refractivity contribution in [3.8, 4) is 0 Å². The lowest BCUT2D eigenvalue weighted by Gasteiger charge is -2.01. The van der Waals surface area contributed by atoms with Crippen molar-refractivity contribution < 1.29 is 9.90 Å². The predicted octanol–water partition coefficient (Wildman–Crippen LogP) is 1.90. The predicted molar refractivity (Wildman–Crippen MR) is 60.2 cm³/mol. The Morgan fingerprint density at radius 2 is 2.36 bits per heavy atom. The van der Waals surface area contributed by atoms with E-state index in [1.54, 1.807) is 11.3 Å². The van der Waals surface area contributed by atoms with Gasteiger partial charge >= 0.3 is 0 Å². The second kappa shape index (κ2) is 6.16. The highest BCUT2D eigenvalue weighted by atomic mass is 79.9. The molecule has 1 heterocycles. The number of rotatable bonds is 5. The second-order valence-corrected chi connectivity index (χ2v) is 5.36. The van der Waals surface area contributed by atoms with Gasteiger partial charge in [-0.1, -0.05) is 0 Å². The van der Waals surface area contributed by atoms with E-state index in [4.69, 9.17) is 5.11 Å². The lowest BCUT2D eigenvalue weighted by atomic mass is 10.3. The van der Waals surface area contributed by atoms with E-state index in [1.165, 1.54) is 0 Å². The summed E-state index contributed by atoms with van der Waals surface area (Å²) in [5.74, 6) is -0.0106. The van der Waals surface area contributed by atoms with Crippen LogP contribution in [0.4, 0.5) is 0 Å². The first-order valence-corrected chi connectivity index (χ1v) is 5.95. The van der Waals surface area contributed by atoms with Crippen molar-refractivity contribution in [2.75, 3.05) is 6.61 Å². The maximum absolute atomic E-state index is 11.2. The molecule has 1 aromatic rings. The summed E-state index contributed by atoms with van der Waals surface area (Å²) in [7, 11) is 0. The maximum Gasteiger partial charge on any atom is 0.220 e. The Balaban J connectivity index is 2.23. The smallest absolute Gasteiger partial charge is 0.220 e. The van der Waals surface area contributed by atoms with Gasteiger partial charge in [-0.05, 0) is 34.5 Å². The van der Waals surface area contributed by atoms with E-state index in [1.807, 2.05) is 12.1 Å². The van der Waals surface area contributed by atoms with Crippen molar-refractivity contribution in [3.05, 3.63) is 20.8 Å². The molecule has 0 radical (unpaired) electrons. The number of halogens is 1. The Hall–Kier alpha value is -0.390. The van der Waals surface area contributed by atoms with Gasteiger partial charge in [0.15, 0.2) is 0 Å². The molecular formula is C9H12BrNO2S. The van der Waals surface area contributed by atoms with Crippen LogP contribution in [0.25, 0.3) is 0 Å². The fraction of sp³-hybridized carbons (Fsp3) is 0.444. The van der Waals surface area contributed by atoms with Crippen LogP contribution in [0.15, 0.2) is 15.9 Å². The molecule has 1 aromatic heterocycles. The summed E-state index contributed by atoms with van der Waals surface area (Å²) < 4.78 is 1.07. The van der Waals surface area contributed by atoms with E-state index in [2.05, 4.69) is 21.2 Å². The Morgan fingerprint density at radius 1 is 1.57 bits per heavy atom. The molecule has 1 rings (SSSR count). The number of nitrogens with one attached hydrogen (secondary N) is 1. The number of thiophene rings is 1. The van der Waals surface area contributed by atoms with E-state index in [0.717, 1.165) is 8.66 Å². The molecule has 0 atom stereocenters. The Kier molecular flexibility index (Phi) is 5.14. The average Bonchev–Trinajstić information content (AvgIpc) is 2.58. The fourth-order valence-corrected chi connectivity index (χ4v) is 2.38. The van der Waals surface area contributed by atoms with Gasteiger partial charge in [-0.2, -0.15) is 0 Å². The van der Waals surface area contributed by atoms with Crippen LogP contribution in [-0.4, -0.2) is 17.6 Å². The molecule has 3 nitrogen and oxygen atoms in total. The summed E-state index contributed by atoms with van der Waals surface area (Å²) in [6.07, 6.45) is 0.920. The molecule has 0 saturated heterocycles. The summed E-state index contributed by atoms with van der Waals surface area (Å²) in [6.45, 7) is 0.637. The minimum atomic E-state index is -0.0106. The number of carbonyl (C=O) groups is 1. The van der Waals surface area contributed by atoms with Crippen LogP contribution in [0.3, 0.4) is 0 Å². The highest BCUT2D eigenvalue weighted by Gasteiger charge is 2.01.